The molecule has 6 heteroatoms. The minimum atomic E-state index is 0.368. The summed E-state index contributed by atoms with van der Waals surface area (Å²) in [6.45, 7) is 1.89. The third-order valence-corrected chi connectivity index (χ3v) is 2.64. The molecule has 0 aliphatic heterocycles. The van der Waals surface area contributed by atoms with E-state index in [1.54, 1.807) is 24.0 Å². The summed E-state index contributed by atoms with van der Waals surface area (Å²) >= 11 is 9.27. The average Bonchev–Trinajstić information content (AvgIpc) is 2.50. The molecule has 0 fully saturated rings. The number of aromatic nitrogens is 3. The molecule has 0 radical (unpaired) electrons. The van der Waals surface area contributed by atoms with Crippen molar-refractivity contribution in [1.29, 1.82) is 0 Å². The van der Waals surface area contributed by atoms with Crippen molar-refractivity contribution in [2.45, 2.75) is 6.92 Å². The lowest BCUT2D eigenvalue weighted by molar-refractivity contribution is 0.415. The zero-order chi connectivity index (χ0) is 11.7. The first kappa shape index (κ1) is 11.4. The van der Waals surface area contributed by atoms with Crippen LogP contribution in [0, 0.1) is 6.92 Å². The monoisotopic (exact) mass is 301 g/mol. The number of pyridine rings is 1. The predicted octanol–water partition coefficient (Wildman–Crippen LogP) is 3.33. The van der Waals surface area contributed by atoms with Gasteiger partial charge in [-0.1, -0.05) is 11.6 Å². The molecule has 0 saturated carbocycles. The second-order valence-electron chi connectivity index (χ2n) is 3.29. The van der Waals surface area contributed by atoms with E-state index in [2.05, 4.69) is 26.0 Å². The van der Waals surface area contributed by atoms with Crippen LogP contribution in [0.5, 0.6) is 11.8 Å². The summed E-state index contributed by atoms with van der Waals surface area (Å²) in [4.78, 5) is 4.08. The minimum absolute atomic E-state index is 0.368. The van der Waals surface area contributed by atoms with Crippen LogP contribution in [-0.4, -0.2) is 14.8 Å². The van der Waals surface area contributed by atoms with Crippen molar-refractivity contribution >= 4 is 27.5 Å². The number of hydrogen-bond donors (Lipinski definition) is 0. The number of ether oxygens (including phenoxy) is 1. The number of nitrogens with zero attached hydrogens (tertiary/aromatic N) is 3. The Hall–Kier alpha value is -1.07. The molecular weight excluding hydrogens is 293 g/mol. The molecule has 0 N–H and O–H groups in total. The van der Waals surface area contributed by atoms with Crippen molar-refractivity contribution in [3.05, 3.63) is 33.5 Å². The fourth-order valence-electron chi connectivity index (χ4n) is 1.26. The molecule has 2 rings (SSSR count). The lowest BCUT2D eigenvalue weighted by Gasteiger charge is -2.05. The molecule has 2 aromatic heterocycles. The molecule has 4 nitrogen and oxygen atoms in total. The second-order valence-corrected chi connectivity index (χ2v) is 4.61. The minimum Gasteiger partial charge on any atom is -0.419 e. The molecule has 0 aliphatic carbocycles. The fraction of sp³-hybridized carbons (Fsp3) is 0.200. The first-order chi connectivity index (χ1) is 7.56. The molecular formula is C10H9BrClN3O. The van der Waals surface area contributed by atoms with Gasteiger partial charge in [-0.3, -0.25) is 0 Å². The van der Waals surface area contributed by atoms with Crippen LogP contribution in [0.25, 0.3) is 0 Å². The van der Waals surface area contributed by atoms with Gasteiger partial charge in [-0.05, 0) is 28.9 Å². The summed E-state index contributed by atoms with van der Waals surface area (Å²) in [6.07, 6.45) is 1.63. The zero-order valence-electron chi connectivity index (χ0n) is 8.74. The topological polar surface area (TPSA) is 39.9 Å². The second kappa shape index (κ2) is 4.43. The van der Waals surface area contributed by atoms with Crippen LogP contribution in [0.15, 0.2) is 22.8 Å². The van der Waals surface area contributed by atoms with Gasteiger partial charge in [0.05, 0.1) is 5.69 Å². The number of rotatable bonds is 2. The highest BCUT2D eigenvalue weighted by Crippen LogP contribution is 2.29. The first-order valence-corrected chi connectivity index (χ1v) is 5.73. The Morgan fingerprint density at radius 3 is 2.75 bits per heavy atom. The third kappa shape index (κ3) is 2.36. The van der Waals surface area contributed by atoms with Gasteiger partial charge in [0.1, 0.15) is 5.02 Å². The highest BCUT2D eigenvalue weighted by Gasteiger charge is 2.09. The SMILES string of the molecule is Cc1cc(Oc2ncc(Br)cc2Cl)n(C)n1. The van der Waals surface area contributed by atoms with Crippen molar-refractivity contribution < 1.29 is 4.74 Å². The van der Waals surface area contributed by atoms with E-state index >= 15 is 0 Å². The maximum atomic E-state index is 5.99. The Kier molecular flexibility index (Phi) is 3.16. The molecule has 0 aliphatic rings. The summed E-state index contributed by atoms with van der Waals surface area (Å²) in [5, 5.41) is 4.62. The van der Waals surface area contributed by atoms with E-state index in [1.807, 2.05) is 13.0 Å². The molecule has 0 bridgehead atoms. The van der Waals surface area contributed by atoms with E-state index in [4.69, 9.17) is 16.3 Å². The summed E-state index contributed by atoms with van der Waals surface area (Å²) in [5.41, 5.74) is 0.880. The van der Waals surface area contributed by atoms with E-state index < -0.39 is 0 Å². The summed E-state index contributed by atoms with van der Waals surface area (Å²) in [6, 6.07) is 3.55. The first-order valence-electron chi connectivity index (χ1n) is 4.56. The van der Waals surface area contributed by atoms with Gasteiger partial charge in [0, 0.05) is 23.8 Å². The van der Waals surface area contributed by atoms with Crippen LogP contribution in [0.1, 0.15) is 5.69 Å². The number of aryl methyl sites for hydroxylation is 2. The molecule has 16 heavy (non-hydrogen) atoms. The fourth-order valence-corrected chi connectivity index (χ4v) is 1.93. The molecule has 0 aromatic carbocycles. The normalized spacial score (nSPS) is 10.5. The van der Waals surface area contributed by atoms with Crippen LogP contribution in [0.3, 0.4) is 0 Å². The van der Waals surface area contributed by atoms with Crippen molar-refractivity contribution in [1.82, 2.24) is 14.8 Å². The summed E-state index contributed by atoms with van der Waals surface area (Å²) in [5.74, 6) is 0.974. The van der Waals surface area contributed by atoms with Gasteiger partial charge in [0.15, 0.2) is 0 Å². The van der Waals surface area contributed by atoms with Gasteiger partial charge in [-0.15, -0.1) is 0 Å². The third-order valence-electron chi connectivity index (χ3n) is 1.93. The Morgan fingerprint density at radius 2 is 2.19 bits per heavy atom. The van der Waals surface area contributed by atoms with E-state index in [-0.39, 0.29) is 0 Å². The number of hydrogen-bond acceptors (Lipinski definition) is 3. The quantitative estimate of drug-likeness (QED) is 0.854. The van der Waals surface area contributed by atoms with Gasteiger partial charge >= 0.3 is 0 Å². The van der Waals surface area contributed by atoms with E-state index in [0.717, 1.165) is 10.2 Å². The number of halogens is 2. The molecule has 0 atom stereocenters. The van der Waals surface area contributed by atoms with Gasteiger partial charge in [0.25, 0.3) is 0 Å². The van der Waals surface area contributed by atoms with Gasteiger partial charge in [-0.2, -0.15) is 5.10 Å². The predicted molar refractivity (Wildman–Crippen MR) is 65.0 cm³/mol. The highest BCUT2D eigenvalue weighted by molar-refractivity contribution is 9.10. The van der Waals surface area contributed by atoms with Crippen molar-refractivity contribution in [3.8, 4) is 11.8 Å². The Labute approximate surface area is 106 Å². The average molecular weight is 303 g/mol. The molecule has 84 valence electrons. The van der Waals surface area contributed by atoms with Crippen LogP contribution >= 0.6 is 27.5 Å². The largest absolute Gasteiger partial charge is 0.419 e. The molecule has 0 spiro atoms. The summed E-state index contributed by atoms with van der Waals surface area (Å²) in [7, 11) is 1.80. The maximum Gasteiger partial charge on any atom is 0.240 e. The van der Waals surface area contributed by atoms with E-state index in [1.165, 1.54) is 0 Å². The molecule has 0 unspecified atom stereocenters. The van der Waals surface area contributed by atoms with E-state index in [9.17, 15) is 0 Å². The lowest BCUT2D eigenvalue weighted by Crippen LogP contribution is -1.96. The van der Waals surface area contributed by atoms with Crippen LogP contribution in [0.4, 0.5) is 0 Å². The van der Waals surface area contributed by atoms with Gasteiger partial charge < -0.3 is 4.74 Å². The van der Waals surface area contributed by atoms with Crippen LogP contribution in [-0.2, 0) is 7.05 Å². The van der Waals surface area contributed by atoms with E-state index in [0.29, 0.717) is 16.8 Å². The van der Waals surface area contributed by atoms with Crippen LogP contribution < -0.4 is 4.74 Å². The van der Waals surface area contributed by atoms with Crippen molar-refractivity contribution in [3.63, 3.8) is 0 Å². The lowest BCUT2D eigenvalue weighted by atomic mass is 10.5. The van der Waals surface area contributed by atoms with Crippen LogP contribution in [0.2, 0.25) is 5.02 Å². The maximum absolute atomic E-state index is 5.99. The Balaban J connectivity index is 2.30. The molecule has 2 heterocycles. The zero-order valence-corrected chi connectivity index (χ0v) is 11.1. The van der Waals surface area contributed by atoms with Gasteiger partial charge in [0.2, 0.25) is 11.8 Å². The molecule has 0 amide bonds. The summed E-state index contributed by atoms with van der Waals surface area (Å²) < 4.78 is 8.00. The van der Waals surface area contributed by atoms with Crippen molar-refractivity contribution in [2.24, 2.45) is 7.05 Å². The van der Waals surface area contributed by atoms with Crippen molar-refractivity contribution in [2.75, 3.05) is 0 Å². The Morgan fingerprint density at radius 1 is 1.44 bits per heavy atom. The molecule has 0 saturated heterocycles. The standard InChI is InChI=1S/C10H9BrClN3O/c1-6-3-9(15(2)14-6)16-10-8(12)4-7(11)5-13-10/h3-5H,1-2H3. The van der Waals surface area contributed by atoms with Gasteiger partial charge in [-0.25, -0.2) is 9.67 Å². The highest BCUT2D eigenvalue weighted by atomic mass is 79.9. The Bertz CT molecular complexity index is 527. The smallest absolute Gasteiger partial charge is 0.240 e. The molecule has 2 aromatic rings.